The van der Waals surface area contributed by atoms with E-state index >= 15 is 0 Å². The van der Waals surface area contributed by atoms with Crippen LogP contribution in [0, 0.1) is 0 Å². The Hall–Kier alpha value is -1.15. The van der Waals surface area contributed by atoms with E-state index in [4.69, 9.17) is 46.0 Å². The van der Waals surface area contributed by atoms with Gasteiger partial charge in [0.05, 0.1) is 39.6 Å². The maximum absolute atomic E-state index is 10.3. The Morgan fingerprint density at radius 2 is 1.03 bits per heavy atom. The Balaban J connectivity index is -0.000000574. The number of aliphatic carboxylic acids is 1. The van der Waals surface area contributed by atoms with Gasteiger partial charge in [0.25, 0.3) is 0 Å². The van der Waals surface area contributed by atoms with Gasteiger partial charge in [-0.25, -0.2) is 0 Å². The number of aliphatic hydroxyl groups is 8. The van der Waals surface area contributed by atoms with E-state index in [1.54, 1.807) is 0 Å². The number of hydrogen-bond donors (Lipinski definition) is 9. The summed E-state index contributed by atoms with van der Waals surface area (Å²) < 4.78 is 4.63. The quantitative estimate of drug-likeness (QED) is 0.0600. The van der Waals surface area contributed by atoms with Crippen LogP contribution in [0.5, 0.6) is 0 Å². The van der Waals surface area contributed by atoms with E-state index in [0.29, 0.717) is 19.6 Å². The number of rotatable bonds is 24. The molecule has 0 aliphatic carbocycles. The summed E-state index contributed by atoms with van der Waals surface area (Å²) in [5.41, 5.74) is 0. The van der Waals surface area contributed by atoms with Crippen molar-refractivity contribution in [2.24, 2.45) is 0 Å². The first-order chi connectivity index (χ1) is 18.7. The van der Waals surface area contributed by atoms with Crippen LogP contribution >= 0.6 is 0 Å². The molecule has 0 saturated heterocycles. The molecule has 0 aromatic rings. The van der Waals surface area contributed by atoms with Gasteiger partial charge in [-0.15, -0.1) is 0 Å². The summed E-state index contributed by atoms with van der Waals surface area (Å²) in [6.45, 7) is 1.50. The molecule has 0 aromatic heterocycles. The Morgan fingerprint density at radius 3 is 1.38 bits per heavy atom. The van der Waals surface area contributed by atoms with Crippen molar-refractivity contribution in [3.8, 4) is 0 Å². The van der Waals surface area contributed by atoms with Crippen molar-refractivity contribution in [1.29, 1.82) is 0 Å². The molecule has 9 N–H and O–H groups in total. The molecule has 4 unspecified atom stereocenters. The van der Waals surface area contributed by atoms with Crippen LogP contribution in [0.15, 0.2) is 12.2 Å². The molecule has 0 bridgehead atoms. The van der Waals surface area contributed by atoms with Crippen molar-refractivity contribution >= 4 is 5.97 Å². The van der Waals surface area contributed by atoms with Gasteiger partial charge in [-0.1, -0.05) is 70.4 Å². The number of aliphatic hydroxyl groups excluding tert-OH is 8. The predicted molar refractivity (Wildman–Crippen MR) is 150 cm³/mol. The van der Waals surface area contributed by atoms with Gasteiger partial charge in [0.15, 0.2) is 0 Å². The van der Waals surface area contributed by atoms with Crippen LogP contribution in [0.2, 0.25) is 0 Å². The highest BCUT2D eigenvalue weighted by Gasteiger charge is 2.29. The minimum absolute atomic E-state index is 0.0278. The minimum Gasteiger partial charge on any atom is -0.481 e. The fourth-order valence-corrected chi connectivity index (χ4v) is 3.25. The highest BCUT2D eigenvalue weighted by atomic mass is 16.5. The molecule has 0 aliphatic rings. The Morgan fingerprint density at radius 1 is 0.641 bits per heavy atom. The molecule has 236 valence electrons. The molecule has 0 amide bonds. The topological polar surface area (TPSA) is 208 Å². The van der Waals surface area contributed by atoms with Crippen molar-refractivity contribution in [2.75, 3.05) is 39.6 Å². The summed E-state index contributed by atoms with van der Waals surface area (Å²) >= 11 is 0. The van der Waals surface area contributed by atoms with Crippen LogP contribution in [-0.4, -0.2) is 116 Å². The SMILES string of the molecule is CCCCCCCC/C=C\CCCCCCCC(=O)O.OCC(O)C(O)C(O)C(O)CO.OCCOCCO. The van der Waals surface area contributed by atoms with Crippen LogP contribution in [0.1, 0.15) is 96.8 Å². The van der Waals surface area contributed by atoms with Gasteiger partial charge in [0, 0.05) is 6.42 Å². The molecule has 39 heavy (non-hydrogen) atoms. The van der Waals surface area contributed by atoms with Crippen LogP contribution in [0.25, 0.3) is 0 Å². The number of hydrogen-bond acceptors (Lipinski definition) is 10. The van der Waals surface area contributed by atoms with Crippen LogP contribution < -0.4 is 0 Å². The lowest BCUT2D eigenvalue weighted by molar-refractivity contribution is -0.137. The number of ether oxygens (including phenoxy) is 1. The van der Waals surface area contributed by atoms with Crippen molar-refractivity contribution in [3.63, 3.8) is 0 Å². The first kappa shape index (κ1) is 42.3. The van der Waals surface area contributed by atoms with Crippen LogP contribution in [0.3, 0.4) is 0 Å². The van der Waals surface area contributed by atoms with E-state index in [0.717, 1.165) is 12.8 Å². The average Bonchev–Trinajstić information content (AvgIpc) is 2.94. The van der Waals surface area contributed by atoms with Crippen LogP contribution in [0.4, 0.5) is 0 Å². The zero-order valence-corrected chi connectivity index (χ0v) is 23.9. The Bertz CT molecular complexity index is 488. The summed E-state index contributed by atoms with van der Waals surface area (Å²) in [6, 6.07) is 0. The standard InChI is InChI=1S/C18H34O2.C6H14O6.C4H10O3/c1-2-3-4-5-6-7-8-9-10-11-12-13-14-15-16-17-18(19)20;7-1-3(9)5(11)6(12)4(10)2-8;5-1-3-7-4-2-6/h9-10H,2-8,11-17H2,1H3,(H,19,20);3-12H,1-2H2;5-6H,1-4H2/b10-9-;;. The second kappa shape index (κ2) is 34.9. The number of carboxylic acid groups (broad SMARTS) is 1. The third kappa shape index (κ3) is 34.8. The van der Waals surface area contributed by atoms with Crippen molar-refractivity contribution in [1.82, 2.24) is 0 Å². The number of carbonyl (C=O) groups is 1. The Labute approximate surface area is 234 Å². The summed E-state index contributed by atoms with van der Waals surface area (Å²) in [5.74, 6) is -0.664. The molecule has 0 rings (SSSR count). The normalized spacial score (nSPS) is 14.1. The van der Waals surface area contributed by atoms with Gasteiger partial charge in [-0.05, 0) is 32.1 Å². The third-order valence-electron chi connectivity index (χ3n) is 5.64. The minimum atomic E-state index is -1.67. The van der Waals surface area contributed by atoms with E-state index in [2.05, 4.69) is 23.8 Å². The van der Waals surface area contributed by atoms with E-state index < -0.39 is 43.6 Å². The van der Waals surface area contributed by atoms with Gasteiger partial charge in [-0.2, -0.15) is 0 Å². The zero-order chi connectivity index (χ0) is 30.2. The lowest BCUT2D eigenvalue weighted by Crippen LogP contribution is -2.46. The van der Waals surface area contributed by atoms with Crippen molar-refractivity contribution < 1.29 is 55.5 Å². The van der Waals surface area contributed by atoms with Crippen LogP contribution in [-0.2, 0) is 9.53 Å². The average molecular weight is 571 g/mol. The maximum atomic E-state index is 10.3. The fourth-order valence-electron chi connectivity index (χ4n) is 3.25. The molecule has 0 aliphatic heterocycles. The smallest absolute Gasteiger partial charge is 0.303 e. The fraction of sp³-hybridized carbons (Fsp3) is 0.893. The molecular formula is C28H58O11. The number of unbranched alkanes of at least 4 members (excludes halogenated alkanes) is 11. The molecule has 0 aromatic carbocycles. The van der Waals surface area contributed by atoms with Gasteiger partial charge in [0.2, 0.25) is 0 Å². The summed E-state index contributed by atoms with van der Waals surface area (Å²) in [5, 5.41) is 76.9. The van der Waals surface area contributed by atoms with E-state index in [-0.39, 0.29) is 13.2 Å². The monoisotopic (exact) mass is 570 g/mol. The second-order valence-electron chi connectivity index (χ2n) is 9.27. The highest BCUT2D eigenvalue weighted by molar-refractivity contribution is 5.66. The van der Waals surface area contributed by atoms with Crippen molar-refractivity contribution in [2.45, 2.75) is 121 Å². The molecule has 11 nitrogen and oxygen atoms in total. The van der Waals surface area contributed by atoms with Gasteiger partial charge < -0.3 is 50.7 Å². The molecule has 11 heteroatoms. The maximum Gasteiger partial charge on any atom is 0.303 e. The van der Waals surface area contributed by atoms with E-state index in [9.17, 15) is 4.79 Å². The molecule has 0 spiro atoms. The first-order valence-electron chi connectivity index (χ1n) is 14.3. The van der Waals surface area contributed by atoms with Gasteiger partial charge in [-0.3, -0.25) is 4.79 Å². The summed E-state index contributed by atoms with van der Waals surface area (Å²) in [6.07, 6.45) is 14.8. The highest BCUT2D eigenvalue weighted by Crippen LogP contribution is 2.10. The third-order valence-corrected chi connectivity index (χ3v) is 5.64. The summed E-state index contributed by atoms with van der Waals surface area (Å²) in [7, 11) is 0. The first-order valence-corrected chi connectivity index (χ1v) is 14.3. The molecular weight excluding hydrogens is 512 g/mol. The molecule has 4 atom stereocenters. The molecule has 0 fully saturated rings. The number of allylic oxidation sites excluding steroid dienone is 2. The predicted octanol–water partition coefficient (Wildman–Crippen LogP) is 1.51. The van der Waals surface area contributed by atoms with Gasteiger partial charge in [0.1, 0.15) is 24.4 Å². The van der Waals surface area contributed by atoms with Gasteiger partial charge >= 0.3 is 5.97 Å². The Kier molecular flexibility index (Phi) is 37.8. The molecule has 0 radical (unpaired) electrons. The lowest BCUT2D eigenvalue weighted by atomic mass is 10.0. The largest absolute Gasteiger partial charge is 0.481 e. The molecule has 0 heterocycles. The van der Waals surface area contributed by atoms with E-state index in [1.807, 2.05) is 0 Å². The lowest BCUT2D eigenvalue weighted by Gasteiger charge is -2.24. The second-order valence-corrected chi connectivity index (χ2v) is 9.27. The molecule has 0 saturated carbocycles. The van der Waals surface area contributed by atoms with Crippen molar-refractivity contribution in [3.05, 3.63) is 12.2 Å². The summed E-state index contributed by atoms with van der Waals surface area (Å²) in [4.78, 5) is 10.3. The number of carboxylic acids is 1. The zero-order valence-electron chi connectivity index (χ0n) is 23.9. The van der Waals surface area contributed by atoms with E-state index in [1.165, 1.54) is 70.6 Å².